The number of esters is 1. The standard InChI is InChI=1S/C28H35ClN2O4S/c1-2-3-4-5-6-7-8-9-10-11-12-13-14-15-16-17-18-19-28(32)35-23-27-30-25-21-20-24(29)22-26(25)36(33,34)31-27/h3-4,6-7,9-10,12-13,15-16,20-22H,2,5,8,11,14,17-19,23H2,1H3,(H,30,31)/b4-3-,7-6-,10-9-,13-12-,16-15-. The van der Waals surface area contributed by atoms with Gasteiger partial charge in [-0.2, -0.15) is 8.42 Å². The van der Waals surface area contributed by atoms with E-state index in [0.29, 0.717) is 17.1 Å². The smallest absolute Gasteiger partial charge is 0.306 e. The van der Waals surface area contributed by atoms with Gasteiger partial charge in [-0.3, -0.25) is 4.79 Å². The lowest BCUT2D eigenvalue weighted by molar-refractivity contribution is -0.142. The number of halogens is 1. The quantitative estimate of drug-likeness (QED) is 0.146. The van der Waals surface area contributed by atoms with Crippen LogP contribution >= 0.6 is 11.6 Å². The maximum Gasteiger partial charge on any atom is 0.306 e. The zero-order valence-electron chi connectivity index (χ0n) is 20.7. The predicted molar refractivity (Wildman–Crippen MR) is 149 cm³/mol. The van der Waals surface area contributed by atoms with Crippen LogP contribution in [-0.4, -0.2) is 26.8 Å². The van der Waals surface area contributed by atoms with Crippen molar-refractivity contribution >= 4 is 39.1 Å². The van der Waals surface area contributed by atoms with E-state index in [1.807, 2.05) is 6.08 Å². The van der Waals surface area contributed by atoms with Crippen LogP contribution in [0.15, 0.2) is 88.3 Å². The Morgan fingerprint density at radius 1 is 0.944 bits per heavy atom. The average Bonchev–Trinajstić information content (AvgIpc) is 2.85. The van der Waals surface area contributed by atoms with Crippen LogP contribution in [0.3, 0.4) is 0 Å². The molecule has 8 heteroatoms. The summed E-state index contributed by atoms with van der Waals surface area (Å²) in [6.45, 7) is 1.90. The van der Waals surface area contributed by atoms with Gasteiger partial charge < -0.3 is 10.1 Å². The van der Waals surface area contributed by atoms with Crippen LogP contribution in [0.4, 0.5) is 5.69 Å². The number of anilines is 1. The van der Waals surface area contributed by atoms with Gasteiger partial charge in [0.25, 0.3) is 10.0 Å². The minimum absolute atomic E-state index is 0.00198. The lowest BCUT2D eigenvalue weighted by Gasteiger charge is -2.18. The molecule has 0 unspecified atom stereocenters. The van der Waals surface area contributed by atoms with Crippen LogP contribution < -0.4 is 5.32 Å². The lowest BCUT2D eigenvalue weighted by Crippen LogP contribution is -2.27. The molecular weight excluding hydrogens is 496 g/mol. The number of carbonyl (C=O) groups is 1. The highest BCUT2D eigenvalue weighted by atomic mass is 35.5. The van der Waals surface area contributed by atoms with E-state index in [1.165, 1.54) is 6.07 Å². The van der Waals surface area contributed by atoms with E-state index in [9.17, 15) is 13.2 Å². The van der Waals surface area contributed by atoms with Crippen molar-refractivity contribution in [1.29, 1.82) is 0 Å². The minimum atomic E-state index is -3.88. The summed E-state index contributed by atoms with van der Waals surface area (Å²) in [7, 11) is -3.88. The summed E-state index contributed by atoms with van der Waals surface area (Å²) in [6, 6.07) is 4.46. The van der Waals surface area contributed by atoms with Crippen LogP contribution in [0.1, 0.15) is 58.3 Å². The molecule has 0 bridgehead atoms. The highest BCUT2D eigenvalue weighted by Gasteiger charge is 2.25. The highest BCUT2D eigenvalue weighted by Crippen LogP contribution is 2.29. The molecule has 0 saturated carbocycles. The van der Waals surface area contributed by atoms with E-state index in [4.69, 9.17) is 16.3 Å². The Bertz CT molecular complexity index is 1130. The molecule has 0 spiro atoms. The number of carbonyl (C=O) groups excluding carboxylic acids is 1. The largest absolute Gasteiger partial charge is 0.457 e. The van der Waals surface area contributed by atoms with Crippen molar-refractivity contribution < 1.29 is 17.9 Å². The monoisotopic (exact) mass is 530 g/mol. The Kier molecular flexibility index (Phi) is 13.6. The second kappa shape index (κ2) is 16.7. The molecule has 6 nitrogen and oxygen atoms in total. The van der Waals surface area contributed by atoms with Gasteiger partial charge in [0, 0.05) is 11.4 Å². The number of fused-ring (bicyclic) bond motifs is 1. The van der Waals surface area contributed by atoms with Crippen molar-refractivity contribution in [2.24, 2.45) is 4.40 Å². The van der Waals surface area contributed by atoms with Gasteiger partial charge in [0.15, 0.2) is 5.84 Å². The summed E-state index contributed by atoms with van der Waals surface area (Å²) in [5.41, 5.74) is 0.360. The van der Waals surface area contributed by atoms with Gasteiger partial charge in [-0.15, -0.1) is 4.40 Å². The molecule has 1 heterocycles. The number of benzene rings is 1. The van der Waals surface area contributed by atoms with Gasteiger partial charge in [0.2, 0.25) is 0 Å². The highest BCUT2D eigenvalue weighted by molar-refractivity contribution is 7.90. The first kappa shape index (κ1) is 29.3. The number of sulfonamides is 1. The molecule has 1 aromatic rings. The molecule has 2 rings (SSSR count). The fourth-order valence-corrected chi connectivity index (χ4v) is 4.60. The number of allylic oxidation sites excluding steroid dienone is 10. The van der Waals surface area contributed by atoms with Crippen molar-refractivity contribution in [2.45, 2.75) is 63.2 Å². The Labute approximate surface area is 220 Å². The second-order valence-electron chi connectivity index (χ2n) is 8.04. The third-order valence-electron chi connectivity index (χ3n) is 5.01. The Hall–Kier alpha value is -2.90. The van der Waals surface area contributed by atoms with Gasteiger partial charge in [-0.05, 0) is 63.1 Å². The van der Waals surface area contributed by atoms with Crippen LogP contribution in [0.2, 0.25) is 5.02 Å². The molecule has 1 N–H and O–H groups in total. The molecule has 36 heavy (non-hydrogen) atoms. The minimum Gasteiger partial charge on any atom is -0.457 e. The summed E-state index contributed by atoms with van der Waals surface area (Å²) in [4.78, 5) is 12.0. The van der Waals surface area contributed by atoms with Crippen molar-refractivity contribution in [1.82, 2.24) is 0 Å². The fraction of sp³-hybridized carbons (Fsp3) is 0.357. The van der Waals surface area contributed by atoms with Crippen LogP contribution in [0.25, 0.3) is 0 Å². The maximum atomic E-state index is 12.3. The average molecular weight is 531 g/mol. The first-order valence-electron chi connectivity index (χ1n) is 12.2. The molecule has 1 aliphatic heterocycles. The van der Waals surface area contributed by atoms with Gasteiger partial charge in [0.05, 0.1) is 5.69 Å². The molecule has 194 valence electrons. The number of nitrogens with zero attached hydrogens (tertiary/aromatic N) is 1. The summed E-state index contributed by atoms with van der Waals surface area (Å²) < 4.78 is 33.4. The molecule has 0 aromatic heterocycles. The molecule has 1 aliphatic rings. The van der Waals surface area contributed by atoms with Gasteiger partial charge in [-0.25, -0.2) is 0 Å². The van der Waals surface area contributed by atoms with Crippen LogP contribution in [0, 0.1) is 0 Å². The third kappa shape index (κ3) is 11.7. The van der Waals surface area contributed by atoms with Crippen LogP contribution in [-0.2, 0) is 19.6 Å². The second-order valence-corrected chi connectivity index (χ2v) is 10.0. The number of hydrogen-bond donors (Lipinski definition) is 1. The Morgan fingerprint density at radius 2 is 1.53 bits per heavy atom. The molecule has 0 fully saturated rings. The zero-order valence-corrected chi connectivity index (χ0v) is 22.3. The number of hydrogen-bond acceptors (Lipinski definition) is 5. The normalized spacial score (nSPS) is 15.2. The van der Waals surface area contributed by atoms with E-state index in [2.05, 4.69) is 71.3 Å². The van der Waals surface area contributed by atoms with E-state index in [1.54, 1.807) is 12.1 Å². The molecule has 0 aliphatic carbocycles. The number of nitrogens with one attached hydrogen (secondary N) is 1. The Morgan fingerprint density at radius 3 is 2.14 bits per heavy atom. The SMILES string of the molecule is CC/C=C\C/C=C\C/C=C\C/C=C\C/C=C\CCCC(=O)OCC1=NS(=O)(=O)c2cc(Cl)ccc2N1. The van der Waals surface area contributed by atoms with Crippen LogP contribution in [0.5, 0.6) is 0 Å². The van der Waals surface area contributed by atoms with E-state index < -0.39 is 16.0 Å². The molecule has 0 amide bonds. The zero-order chi connectivity index (χ0) is 26.1. The number of amidine groups is 1. The fourth-order valence-electron chi connectivity index (χ4n) is 3.20. The lowest BCUT2D eigenvalue weighted by atomic mass is 10.2. The van der Waals surface area contributed by atoms with Crippen molar-refractivity contribution in [2.75, 3.05) is 11.9 Å². The summed E-state index contributed by atoms with van der Waals surface area (Å²) in [5.74, 6) is -0.331. The summed E-state index contributed by atoms with van der Waals surface area (Å²) in [5, 5.41) is 3.17. The van der Waals surface area contributed by atoms with Gasteiger partial charge >= 0.3 is 5.97 Å². The number of unbranched alkanes of at least 4 members (excludes halogenated alkanes) is 1. The molecular formula is C28H35ClN2O4S. The maximum absolute atomic E-state index is 12.3. The third-order valence-corrected chi connectivity index (χ3v) is 6.60. The first-order chi connectivity index (χ1) is 17.4. The predicted octanol–water partition coefficient (Wildman–Crippen LogP) is 7.32. The topological polar surface area (TPSA) is 84.8 Å². The molecule has 1 aromatic carbocycles. The van der Waals surface area contributed by atoms with E-state index in [-0.39, 0.29) is 23.8 Å². The van der Waals surface area contributed by atoms with Crippen molar-refractivity contribution in [3.05, 3.63) is 84.0 Å². The summed E-state index contributed by atoms with van der Waals surface area (Å²) in [6.07, 6.45) is 27.9. The van der Waals surface area contributed by atoms with Gasteiger partial charge in [0.1, 0.15) is 11.5 Å². The van der Waals surface area contributed by atoms with Gasteiger partial charge in [-0.1, -0.05) is 79.3 Å². The molecule has 0 atom stereocenters. The van der Waals surface area contributed by atoms with Crippen molar-refractivity contribution in [3.63, 3.8) is 0 Å². The van der Waals surface area contributed by atoms with E-state index >= 15 is 0 Å². The number of rotatable bonds is 15. The number of ether oxygens (including phenoxy) is 1. The molecule has 0 saturated heterocycles. The van der Waals surface area contributed by atoms with Crippen molar-refractivity contribution in [3.8, 4) is 0 Å². The van der Waals surface area contributed by atoms with E-state index in [0.717, 1.165) is 38.5 Å². The summed E-state index contributed by atoms with van der Waals surface area (Å²) >= 11 is 5.86. The Balaban J connectivity index is 1.54. The molecule has 0 radical (unpaired) electrons. The first-order valence-corrected chi connectivity index (χ1v) is 14.0.